The Labute approximate surface area is 135 Å². The van der Waals surface area contributed by atoms with Crippen LogP contribution in [0.3, 0.4) is 0 Å². The highest BCUT2D eigenvalue weighted by Gasteiger charge is 2.58. The predicted molar refractivity (Wildman–Crippen MR) is 81.6 cm³/mol. The lowest BCUT2D eigenvalue weighted by Gasteiger charge is -2.31. The maximum absolute atomic E-state index is 13.0. The lowest BCUT2D eigenvalue weighted by atomic mass is 9.69. The van der Waals surface area contributed by atoms with Crippen molar-refractivity contribution in [1.82, 2.24) is 10.2 Å². The normalized spacial score (nSPS) is 21.5. The van der Waals surface area contributed by atoms with E-state index in [0.29, 0.717) is 27.5 Å². The molecule has 2 aliphatic rings. The number of amides is 1. The van der Waals surface area contributed by atoms with Gasteiger partial charge in [0.1, 0.15) is 17.1 Å². The number of carbonyl (C=O) groups is 1. The first-order valence-corrected chi connectivity index (χ1v) is 7.13. The van der Waals surface area contributed by atoms with Gasteiger partial charge in [-0.05, 0) is 25.1 Å². The Morgan fingerprint density at radius 1 is 1.48 bits per heavy atom. The molecule has 0 saturated heterocycles. The Kier molecular flexibility index (Phi) is 2.54. The highest BCUT2D eigenvalue weighted by molar-refractivity contribution is 6.31. The van der Waals surface area contributed by atoms with Crippen molar-refractivity contribution >= 4 is 23.2 Å². The summed E-state index contributed by atoms with van der Waals surface area (Å²) >= 11 is 6.12. The van der Waals surface area contributed by atoms with E-state index in [-0.39, 0.29) is 23.2 Å². The van der Waals surface area contributed by atoms with Gasteiger partial charge in [-0.2, -0.15) is 5.26 Å². The number of benzene rings is 1. The molecule has 2 aliphatic heterocycles. The number of aromatic amines is 1. The van der Waals surface area contributed by atoms with Crippen molar-refractivity contribution in [3.63, 3.8) is 0 Å². The Bertz CT molecular complexity index is 955. The molecule has 4 N–H and O–H groups in total. The van der Waals surface area contributed by atoms with E-state index >= 15 is 0 Å². The summed E-state index contributed by atoms with van der Waals surface area (Å²) < 4.78 is 5.42. The molecule has 2 aromatic rings. The van der Waals surface area contributed by atoms with Gasteiger partial charge in [-0.15, -0.1) is 5.10 Å². The molecule has 114 valence electrons. The van der Waals surface area contributed by atoms with Crippen molar-refractivity contribution in [2.45, 2.75) is 12.3 Å². The first-order chi connectivity index (χ1) is 11.0. The van der Waals surface area contributed by atoms with Crippen molar-refractivity contribution in [1.29, 1.82) is 5.26 Å². The van der Waals surface area contributed by atoms with Gasteiger partial charge in [0.15, 0.2) is 0 Å². The number of aryl methyl sites for hydroxylation is 1. The summed E-state index contributed by atoms with van der Waals surface area (Å²) in [6.07, 6.45) is 0. The number of aromatic nitrogens is 2. The first-order valence-electron chi connectivity index (χ1n) is 6.75. The molecule has 1 amide bonds. The minimum Gasteiger partial charge on any atom is -0.420 e. The van der Waals surface area contributed by atoms with Crippen molar-refractivity contribution in [3.8, 4) is 11.9 Å². The van der Waals surface area contributed by atoms with Crippen LogP contribution in [0.25, 0.3) is 0 Å². The lowest BCUT2D eigenvalue weighted by molar-refractivity contribution is -0.118. The van der Waals surface area contributed by atoms with Crippen LogP contribution in [0.4, 0.5) is 5.69 Å². The molecular formula is C15H10ClN5O2. The summed E-state index contributed by atoms with van der Waals surface area (Å²) in [7, 11) is 0. The minimum absolute atomic E-state index is 0.0213. The van der Waals surface area contributed by atoms with Crippen LogP contribution in [0.15, 0.2) is 29.7 Å². The van der Waals surface area contributed by atoms with Crippen molar-refractivity contribution < 1.29 is 9.53 Å². The van der Waals surface area contributed by atoms with Crippen LogP contribution in [0, 0.1) is 18.3 Å². The van der Waals surface area contributed by atoms with E-state index in [0.717, 1.165) is 0 Å². The van der Waals surface area contributed by atoms with Gasteiger partial charge < -0.3 is 15.8 Å². The van der Waals surface area contributed by atoms with Crippen LogP contribution in [-0.2, 0) is 10.2 Å². The summed E-state index contributed by atoms with van der Waals surface area (Å²) in [4.78, 5) is 13.0. The quantitative estimate of drug-likeness (QED) is 0.680. The number of ether oxygens (including phenoxy) is 1. The van der Waals surface area contributed by atoms with Gasteiger partial charge in [-0.25, -0.2) is 0 Å². The van der Waals surface area contributed by atoms with Crippen LogP contribution in [-0.4, -0.2) is 16.1 Å². The lowest BCUT2D eigenvalue weighted by Crippen LogP contribution is -2.42. The fourth-order valence-corrected chi connectivity index (χ4v) is 3.47. The largest absolute Gasteiger partial charge is 0.420 e. The third-order valence-electron chi connectivity index (χ3n) is 4.20. The molecule has 4 rings (SSSR count). The molecule has 8 heteroatoms. The number of nitriles is 1. The van der Waals surface area contributed by atoms with Crippen molar-refractivity contribution in [3.05, 3.63) is 51.5 Å². The third-order valence-corrected chi connectivity index (χ3v) is 4.44. The Hall–Kier alpha value is -2.98. The Morgan fingerprint density at radius 3 is 3.00 bits per heavy atom. The molecule has 0 bridgehead atoms. The predicted octanol–water partition coefficient (Wildman–Crippen LogP) is 1.70. The molecule has 1 atom stereocenters. The second-order valence-corrected chi connectivity index (χ2v) is 5.81. The van der Waals surface area contributed by atoms with Crippen molar-refractivity contribution in [2.24, 2.45) is 5.73 Å². The number of fused-ring (bicyclic) bond motifs is 4. The molecule has 0 saturated carbocycles. The summed E-state index contributed by atoms with van der Waals surface area (Å²) in [6.45, 7) is 1.75. The molecule has 0 fully saturated rings. The first kappa shape index (κ1) is 13.7. The van der Waals surface area contributed by atoms with Crippen LogP contribution >= 0.6 is 11.6 Å². The van der Waals surface area contributed by atoms with Gasteiger partial charge in [0.2, 0.25) is 17.7 Å². The molecule has 0 radical (unpaired) electrons. The third kappa shape index (κ3) is 1.48. The average Bonchev–Trinajstić information content (AvgIpc) is 3.00. The van der Waals surface area contributed by atoms with Gasteiger partial charge in [0.05, 0.1) is 5.56 Å². The van der Waals surface area contributed by atoms with Gasteiger partial charge in [0, 0.05) is 22.0 Å². The van der Waals surface area contributed by atoms with Gasteiger partial charge in [0.25, 0.3) is 0 Å². The smallest absolute Gasteiger partial charge is 0.245 e. The number of halogens is 1. The second kappa shape index (κ2) is 4.27. The summed E-state index contributed by atoms with van der Waals surface area (Å²) in [5.41, 5.74) is 6.73. The van der Waals surface area contributed by atoms with E-state index in [2.05, 4.69) is 15.5 Å². The molecule has 1 aromatic carbocycles. The van der Waals surface area contributed by atoms with E-state index in [1.54, 1.807) is 25.1 Å². The van der Waals surface area contributed by atoms with E-state index in [9.17, 15) is 10.1 Å². The van der Waals surface area contributed by atoms with Gasteiger partial charge in [-0.1, -0.05) is 11.6 Å². The standard InChI is InChI=1S/C15H10ClN5O2/c1-6-11-13(21-20-6)23-12(18)9(5-17)15(11)8-4-7(16)2-3-10(8)19-14(15)22/h2-4H,18H2,1H3,(H,19,22)(H,20,21)/t15-/m1/s1. The Morgan fingerprint density at radius 2 is 2.26 bits per heavy atom. The topological polar surface area (TPSA) is 117 Å². The number of carbonyl (C=O) groups excluding carboxylic acids is 1. The van der Waals surface area contributed by atoms with Crippen LogP contribution in [0.5, 0.6) is 5.88 Å². The summed E-state index contributed by atoms with van der Waals surface area (Å²) in [6, 6.07) is 7.04. The number of hydrogen-bond donors (Lipinski definition) is 3. The SMILES string of the molecule is Cc1[nH]nc2c1[C@]1(C(=O)Nc3ccc(Cl)cc31)C(C#N)=C(N)O2. The average molecular weight is 328 g/mol. The van der Waals surface area contributed by atoms with E-state index < -0.39 is 5.41 Å². The monoisotopic (exact) mass is 327 g/mol. The number of nitrogens with zero attached hydrogens (tertiary/aromatic N) is 2. The van der Waals surface area contributed by atoms with E-state index in [1.807, 2.05) is 6.07 Å². The second-order valence-electron chi connectivity index (χ2n) is 5.38. The molecule has 1 spiro atoms. The maximum atomic E-state index is 13.0. The molecule has 23 heavy (non-hydrogen) atoms. The molecular weight excluding hydrogens is 318 g/mol. The Balaban J connectivity index is 2.19. The number of H-pyrrole nitrogens is 1. The molecule has 1 aromatic heterocycles. The van der Waals surface area contributed by atoms with Crippen LogP contribution in [0.2, 0.25) is 5.02 Å². The highest BCUT2D eigenvalue weighted by atomic mass is 35.5. The molecule has 0 aliphatic carbocycles. The van der Waals surface area contributed by atoms with E-state index in [1.165, 1.54) is 0 Å². The summed E-state index contributed by atoms with van der Waals surface area (Å²) in [5, 5.41) is 19.7. The fourth-order valence-electron chi connectivity index (χ4n) is 3.30. The van der Waals surface area contributed by atoms with Gasteiger partial charge in [-0.3, -0.25) is 9.89 Å². The van der Waals surface area contributed by atoms with Crippen LogP contribution < -0.4 is 15.8 Å². The number of nitrogens with two attached hydrogens (primary N) is 1. The number of nitrogens with one attached hydrogen (secondary N) is 2. The highest BCUT2D eigenvalue weighted by Crippen LogP contribution is 2.53. The zero-order chi connectivity index (χ0) is 16.4. The minimum atomic E-state index is -1.41. The number of anilines is 1. The maximum Gasteiger partial charge on any atom is 0.245 e. The summed E-state index contributed by atoms with van der Waals surface area (Å²) in [5.74, 6) is -0.347. The van der Waals surface area contributed by atoms with Crippen LogP contribution in [0.1, 0.15) is 16.8 Å². The fraction of sp³-hybridized carbons (Fsp3) is 0.133. The van der Waals surface area contributed by atoms with Gasteiger partial charge >= 0.3 is 0 Å². The zero-order valence-electron chi connectivity index (χ0n) is 11.9. The molecule has 3 heterocycles. The van der Waals surface area contributed by atoms with E-state index in [4.69, 9.17) is 22.1 Å². The molecule has 7 nitrogen and oxygen atoms in total. The number of rotatable bonds is 0. The molecule has 0 unspecified atom stereocenters. The van der Waals surface area contributed by atoms with Crippen molar-refractivity contribution in [2.75, 3.05) is 5.32 Å². The number of hydrogen-bond acceptors (Lipinski definition) is 5. The zero-order valence-corrected chi connectivity index (χ0v) is 12.7.